The first kappa shape index (κ1) is 10.2. The second-order valence-corrected chi connectivity index (χ2v) is 3.50. The number of amides is 1. The summed E-state index contributed by atoms with van der Waals surface area (Å²) in [5, 5.41) is 3.74. The van der Waals surface area contributed by atoms with E-state index in [0.717, 1.165) is 11.1 Å². The van der Waals surface area contributed by atoms with Gasteiger partial charge in [-0.3, -0.25) is 4.79 Å². The molecule has 4 N–H and O–H groups in total. The number of aromatic nitrogens is 1. The van der Waals surface area contributed by atoms with E-state index in [1.807, 2.05) is 31.2 Å². The van der Waals surface area contributed by atoms with E-state index in [-0.39, 0.29) is 11.4 Å². The third-order valence-corrected chi connectivity index (χ3v) is 2.28. The van der Waals surface area contributed by atoms with Crippen LogP contribution in [0.2, 0.25) is 0 Å². The maximum Gasteiger partial charge on any atom is 0.289 e. The highest BCUT2D eigenvalue weighted by Crippen LogP contribution is 2.27. The van der Waals surface area contributed by atoms with Gasteiger partial charge in [0.25, 0.3) is 5.91 Å². The second-order valence-electron chi connectivity index (χ2n) is 3.50. The van der Waals surface area contributed by atoms with Crippen molar-refractivity contribution in [2.45, 2.75) is 6.92 Å². The van der Waals surface area contributed by atoms with Crippen molar-refractivity contribution in [1.82, 2.24) is 5.16 Å². The van der Waals surface area contributed by atoms with E-state index >= 15 is 0 Å². The summed E-state index contributed by atoms with van der Waals surface area (Å²) in [4.78, 5) is 10.9. The standard InChI is InChI=1S/C11H11N3O2/c1-6-2-4-7(5-3-6)9-8(12)10(11(13)15)16-14-9/h2-5H,12H2,1H3,(H2,13,15). The molecule has 2 rings (SSSR count). The van der Waals surface area contributed by atoms with Crippen LogP contribution in [-0.4, -0.2) is 11.1 Å². The molecular formula is C11H11N3O2. The number of nitrogen functional groups attached to an aromatic ring is 1. The van der Waals surface area contributed by atoms with E-state index in [1.54, 1.807) is 0 Å². The summed E-state index contributed by atoms with van der Waals surface area (Å²) in [5.41, 5.74) is 13.3. The van der Waals surface area contributed by atoms with Gasteiger partial charge in [0.15, 0.2) is 0 Å². The minimum atomic E-state index is -0.719. The zero-order chi connectivity index (χ0) is 11.7. The molecule has 0 atom stereocenters. The molecule has 82 valence electrons. The molecule has 0 aliphatic carbocycles. The van der Waals surface area contributed by atoms with Crippen LogP contribution in [0.3, 0.4) is 0 Å². The van der Waals surface area contributed by atoms with Gasteiger partial charge in [-0.1, -0.05) is 35.0 Å². The molecule has 1 aromatic heterocycles. The van der Waals surface area contributed by atoms with Gasteiger partial charge in [-0.05, 0) is 6.92 Å². The Bertz CT molecular complexity index is 529. The summed E-state index contributed by atoms with van der Waals surface area (Å²) in [5.74, 6) is -0.820. The number of carbonyl (C=O) groups is 1. The summed E-state index contributed by atoms with van der Waals surface area (Å²) in [6.07, 6.45) is 0. The fraction of sp³-hybridized carbons (Fsp3) is 0.0909. The number of nitrogens with zero attached hydrogens (tertiary/aromatic N) is 1. The monoisotopic (exact) mass is 217 g/mol. The lowest BCUT2D eigenvalue weighted by atomic mass is 10.1. The topological polar surface area (TPSA) is 95.1 Å². The van der Waals surface area contributed by atoms with Gasteiger partial charge in [-0.25, -0.2) is 0 Å². The quantitative estimate of drug-likeness (QED) is 0.793. The molecule has 1 amide bonds. The normalized spacial score (nSPS) is 10.3. The van der Waals surface area contributed by atoms with Gasteiger partial charge < -0.3 is 16.0 Å². The second kappa shape index (κ2) is 3.69. The van der Waals surface area contributed by atoms with Crippen LogP contribution in [0.15, 0.2) is 28.8 Å². The Hall–Kier alpha value is -2.30. The molecule has 16 heavy (non-hydrogen) atoms. The predicted octanol–water partition coefficient (Wildman–Crippen LogP) is 1.33. The van der Waals surface area contributed by atoms with Gasteiger partial charge in [-0.15, -0.1) is 0 Å². The first-order chi connectivity index (χ1) is 7.59. The van der Waals surface area contributed by atoms with Gasteiger partial charge in [0.1, 0.15) is 11.4 Å². The molecule has 0 radical (unpaired) electrons. The van der Waals surface area contributed by atoms with E-state index in [4.69, 9.17) is 16.0 Å². The fourth-order valence-corrected chi connectivity index (χ4v) is 1.39. The molecule has 2 aromatic rings. The van der Waals surface area contributed by atoms with Gasteiger partial charge >= 0.3 is 0 Å². The highest BCUT2D eigenvalue weighted by Gasteiger charge is 2.18. The number of hydrogen-bond acceptors (Lipinski definition) is 4. The highest BCUT2D eigenvalue weighted by atomic mass is 16.5. The van der Waals surface area contributed by atoms with Gasteiger partial charge in [0.2, 0.25) is 5.76 Å². The van der Waals surface area contributed by atoms with Crippen LogP contribution < -0.4 is 11.5 Å². The minimum absolute atomic E-state index is 0.101. The van der Waals surface area contributed by atoms with Gasteiger partial charge in [0.05, 0.1) is 0 Å². The largest absolute Gasteiger partial charge is 0.394 e. The Morgan fingerprint density at radius 2 is 1.94 bits per heavy atom. The molecule has 0 aliphatic rings. The summed E-state index contributed by atoms with van der Waals surface area (Å²) >= 11 is 0. The minimum Gasteiger partial charge on any atom is -0.394 e. The first-order valence-corrected chi connectivity index (χ1v) is 4.71. The third-order valence-electron chi connectivity index (χ3n) is 2.28. The van der Waals surface area contributed by atoms with Crippen LogP contribution in [0.1, 0.15) is 16.1 Å². The van der Waals surface area contributed by atoms with Crippen molar-refractivity contribution in [3.63, 3.8) is 0 Å². The lowest BCUT2D eigenvalue weighted by molar-refractivity contribution is 0.0966. The van der Waals surface area contributed by atoms with E-state index in [2.05, 4.69) is 5.16 Å². The predicted molar refractivity (Wildman–Crippen MR) is 59.6 cm³/mol. The molecule has 0 fully saturated rings. The Morgan fingerprint density at radius 1 is 1.31 bits per heavy atom. The molecular weight excluding hydrogens is 206 g/mol. The SMILES string of the molecule is Cc1ccc(-c2noc(C(N)=O)c2N)cc1. The summed E-state index contributed by atoms with van der Waals surface area (Å²) < 4.78 is 4.79. The Kier molecular flexibility index (Phi) is 2.36. The van der Waals surface area contributed by atoms with Crippen LogP contribution in [0.4, 0.5) is 5.69 Å². The number of rotatable bonds is 2. The Labute approximate surface area is 92.0 Å². The smallest absolute Gasteiger partial charge is 0.289 e. The summed E-state index contributed by atoms with van der Waals surface area (Å²) in [6, 6.07) is 7.56. The molecule has 1 heterocycles. The fourth-order valence-electron chi connectivity index (χ4n) is 1.39. The molecule has 0 saturated carbocycles. The van der Waals surface area contributed by atoms with E-state index in [9.17, 15) is 4.79 Å². The van der Waals surface area contributed by atoms with Crippen LogP contribution in [0.25, 0.3) is 11.3 Å². The number of nitrogens with two attached hydrogens (primary N) is 2. The van der Waals surface area contributed by atoms with Crippen molar-refractivity contribution in [3.8, 4) is 11.3 Å². The van der Waals surface area contributed by atoms with E-state index < -0.39 is 5.91 Å². The first-order valence-electron chi connectivity index (χ1n) is 4.71. The van der Waals surface area contributed by atoms with Crippen LogP contribution in [0, 0.1) is 6.92 Å². The number of benzene rings is 1. The Morgan fingerprint density at radius 3 is 2.44 bits per heavy atom. The van der Waals surface area contributed by atoms with Crippen molar-refractivity contribution < 1.29 is 9.32 Å². The van der Waals surface area contributed by atoms with Crippen molar-refractivity contribution in [2.24, 2.45) is 5.73 Å². The summed E-state index contributed by atoms with van der Waals surface area (Å²) in [6.45, 7) is 1.98. The molecule has 0 unspecified atom stereocenters. The zero-order valence-electron chi connectivity index (χ0n) is 8.73. The molecule has 1 aromatic carbocycles. The lowest BCUT2D eigenvalue weighted by Crippen LogP contribution is -2.11. The van der Waals surface area contributed by atoms with Crippen LogP contribution >= 0.6 is 0 Å². The molecule has 5 heteroatoms. The molecule has 5 nitrogen and oxygen atoms in total. The number of anilines is 1. The van der Waals surface area contributed by atoms with E-state index in [0.29, 0.717) is 5.69 Å². The summed E-state index contributed by atoms with van der Waals surface area (Å²) in [7, 11) is 0. The van der Waals surface area contributed by atoms with Crippen molar-refractivity contribution in [2.75, 3.05) is 5.73 Å². The maximum atomic E-state index is 10.9. The third kappa shape index (κ3) is 1.63. The number of carbonyl (C=O) groups excluding carboxylic acids is 1. The zero-order valence-corrected chi connectivity index (χ0v) is 8.73. The molecule has 0 bridgehead atoms. The van der Waals surface area contributed by atoms with Crippen molar-refractivity contribution in [1.29, 1.82) is 0 Å². The Balaban J connectivity index is 2.49. The van der Waals surface area contributed by atoms with Crippen molar-refractivity contribution in [3.05, 3.63) is 35.6 Å². The van der Waals surface area contributed by atoms with Crippen molar-refractivity contribution >= 4 is 11.6 Å². The maximum absolute atomic E-state index is 10.9. The number of hydrogen-bond donors (Lipinski definition) is 2. The lowest BCUT2D eigenvalue weighted by Gasteiger charge is -1.98. The molecule has 0 aliphatic heterocycles. The number of aryl methyl sites for hydroxylation is 1. The van der Waals surface area contributed by atoms with Gasteiger partial charge in [0, 0.05) is 5.56 Å². The van der Waals surface area contributed by atoms with Crippen LogP contribution in [-0.2, 0) is 0 Å². The van der Waals surface area contributed by atoms with E-state index in [1.165, 1.54) is 0 Å². The number of primary amides is 1. The van der Waals surface area contributed by atoms with Crippen LogP contribution in [0.5, 0.6) is 0 Å². The van der Waals surface area contributed by atoms with Gasteiger partial charge in [-0.2, -0.15) is 0 Å². The average molecular weight is 217 g/mol. The molecule has 0 saturated heterocycles. The molecule has 0 spiro atoms. The highest BCUT2D eigenvalue weighted by molar-refractivity contribution is 5.98. The average Bonchev–Trinajstić information content (AvgIpc) is 2.61.